The molecule has 0 saturated carbocycles. The number of nitriles is 1. The fourth-order valence-electron chi connectivity index (χ4n) is 1.54. The number of aryl methyl sites for hydroxylation is 1. The highest BCUT2D eigenvalue weighted by Crippen LogP contribution is 2.41. The largest absolute Gasteiger partial charge is 0.364 e. The van der Waals surface area contributed by atoms with E-state index in [0.717, 1.165) is 31.5 Å². The van der Waals surface area contributed by atoms with Gasteiger partial charge in [0.15, 0.2) is 0 Å². The molecular weight excluding hydrogens is 240 g/mol. The topological polar surface area (TPSA) is 49.8 Å². The van der Waals surface area contributed by atoms with Gasteiger partial charge in [-0.15, -0.1) is 23.1 Å². The molecule has 0 unspecified atom stereocenters. The summed E-state index contributed by atoms with van der Waals surface area (Å²) in [4.78, 5) is 0.752. The first-order chi connectivity index (χ1) is 7.69. The van der Waals surface area contributed by atoms with Gasteiger partial charge in [-0.2, -0.15) is 5.26 Å². The smallest absolute Gasteiger partial charge is 0.127 e. The van der Waals surface area contributed by atoms with Crippen molar-refractivity contribution in [3.63, 3.8) is 0 Å². The van der Waals surface area contributed by atoms with Gasteiger partial charge in [0.05, 0.1) is 4.21 Å². The molecule has 0 saturated heterocycles. The zero-order chi connectivity index (χ0) is 11.7. The Morgan fingerprint density at radius 2 is 2.25 bits per heavy atom. The van der Waals surface area contributed by atoms with Crippen molar-refractivity contribution in [2.24, 2.45) is 0 Å². The summed E-state index contributed by atoms with van der Waals surface area (Å²) < 4.78 is 6.08. The van der Waals surface area contributed by atoms with Crippen LogP contribution in [0, 0.1) is 25.2 Å². The van der Waals surface area contributed by atoms with Crippen molar-refractivity contribution >= 4 is 23.1 Å². The molecule has 82 valence electrons. The van der Waals surface area contributed by atoms with Gasteiger partial charge in [-0.25, -0.2) is 0 Å². The van der Waals surface area contributed by atoms with Gasteiger partial charge < -0.3 is 4.52 Å². The molecule has 0 N–H and O–H groups in total. The first-order valence-electron chi connectivity index (χ1n) is 4.67. The van der Waals surface area contributed by atoms with E-state index in [0.29, 0.717) is 0 Å². The second kappa shape index (κ2) is 4.32. The number of thiophene rings is 1. The molecule has 5 heteroatoms. The molecule has 0 atom stereocenters. The van der Waals surface area contributed by atoms with E-state index in [2.05, 4.69) is 11.2 Å². The molecule has 0 spiro atoms. The minimum absolute atomic E-state index is 0.752. The third kappa shape index (κ3) is 1.64. The van der Waals surface area contributed by atoms with Crippen LogP contribution in [0.3, 0.4) is 0 Å². The Morgan fingerprint density at radius 3 is 2.75 bits per heavy atom. The van der Waals surface area contributed by atoms with Crippen molar-refractivity contribution in [2.75, 3.05) is 6.26 Å². The molecule has 0 aromatic carbocycles. The first kappa shape index (κ1) is 11.2. The number of hydrogen-bond acceptors (Lipinski definition) is 5. The average Bonchev–Trinajstić information content (AvgIpc) is 2.82. The van der Waals surface area contributed by atoms with Gasteiger partial charge in [0.25, 0.3) is 0 Å². The SMILES string of the molecule is CSc1sc(C#N)c(C)c1-c1nocc1C. The van der Waals surface area contributed by atoms with E-state index in [1.54, 1.807) is 18.0 Å². The van der Waals surface area contributed by atoms with Crippen LogP contribution in [-0.2, 0) is 0 Å². The van der Waals surface area contributed by atoms with Crippen molar-refractivity contribution in [1.82, 2.24) is 5.16 Å². The molecule has 0 aliphatic rings. The number of thioether (sulfide) groups is 1. The van der Waals surface area contributed by atoms with Gasteiger partial charge in [0.2, 0.25) is 0 Å². The Bertz CT molecular complexity index is 563. The standard InChI is InChI=1S/C11H10N2OS2/c1-6-5-14-13-10(6)9-7(2)8(4-12)16-11(9)15-3/h5H,1-3H3. The average molecular weight is 250 g/mol. The van der Waals surface area contributed by atoms with Crippen molar-refractivity contribution in [3.8, 4) is 17.3 Å². The van der Waals surface area contributed by atoms with Crippen LogP contribution >= 0.6 is 23.1 Å². The number of aromatic nitrogens is 1. The lowest BCUT2D eigenvalue weighted by molar-refractivity contribution is 0.421. The predicted molar refractivity (Wildman–Crippen MR) is 65.8 cm³/mol. The van der Waals surface area contributed by atoms with E-state index in [-0.39, 0.29) is 0 Å². The van der Waals surface area contributed by atoms with Gasteiger partial charge in [-0.1, -0.05) is 5.16 Å². The van der Waals surface area contributed by atoms with E-state index >= 15 is 0 Å². The summed E-state index contributed by atoms with van der Waals surface area (Å²) in [5.74, 6) is 0. The second-order valence-corrected chi connectivity index (χ2v) is 5.48. The van der Waals surface area contributed by atoms with Crippen molar-refractivity contribution in [3.05, 3.63) is 22.3 Å². The zero-order valence-corrected chi connectivity index (χ0v) is 10.8. The highest BCUT2D eigenvalue weighted by molar-refractivity contribution is 8.00. The van der Waals surface area contributed by atoms with Crippen LogP contribution in [0.2, 0.25) is 0 Å². The molecule has 0 amide bonds. The lowest BCUT2D eigenvalue weighted by atomic mass is 10.1. The quantitative estimate of drug-likeness (QED) is 0.764. The van der Waals surface area contributed by atoms with Crippen LogP contribution in [0.5, 0.6) is 0 Å². The van der Waals surface area contributed by atoms with E-state index in [1.807, 2.05) is 20.1 Å². The molecule has 0 bridgehead atoms. The molecule has 0 aliphatic heterocycles. The van der Waals surface area contributed by atoms with Crippen molar-refractivity contribution in [2.45, 2.75) is 18.1 Å². The minimum Gasteiger partial charge on any atom is -0.364 e. The fraction of sp³-hybridized carbons (Fsp3) is 0.273. The Kier molecular flexibility index (Phi) is 3.03. The second-order valence-electron chi connectivity index (χ2n) is 3.38. The molecule has 0 fully saturated rings. The van der Waals surface area contributed by atoms with Gasteiger partial charge in [0, 0.05) is 11.1 Å². The summed E-state index contributed by atoms with van der Waals surface area (Å²) in [6.07, 6.45) is 3.63. The maximum atomic E-state index is 9.03. The predicted octanol–water partition coefficient (Wildman–Crippen LogP) is 3.61. The molecular formula is C11H10N2OS2. The van der Waals surface area contributed by atoms with Gasteiger partial charge in [0.1, 0.15) is 22.9 Å². The molecule has 0 aliphatic carbocycles. The lowest BCUT2D eigenvalue weighted by Crippen LogP contribution is -1.83. The summed E-state index contributed by atoms with van der Waals surface area (Å²) in [7, 11) is 0. The first-order valence-corrected chi connectivity index (χ1v) is 6.72. The Labute approximate surface area is 102 Å². The number of nitrogens with zero attached hydrogens (tertiary/aromatic N) is 2. The fourth-order valence-corrected chi connectivity index (χ4v) is 3.42. The molecule has 16 heavy (non-hydrogen) atoms. The van der Waals surface area contributed by atoms with E-state index < -0.39 is 0 Å². The van der Waals surface area contributed by atoms with Crippen LogP contribution in [0.4, 0.5) is 0 Å². The molecule has 2 rings (SSSR count). The Balaban J connectivity index is 2.69. The number of rotatable bonds is 2. The molecule has 2 aromatic rings. The zero-order valence-electron chi connectivity index (χ0n) is 9.20. The van der Waals surface area contributed by atoms with Crippen LogP contribution in [0.25, 0.3) is 11.3 Å². The van der Waals surface area contributed by atoms with E-state index in [9.17, 15) is 0 Å². The molecule has 0 radical (unpaired) electrons. The summed E-state index contributed by atoms with van der Waals surface area (Å²) in [6.45, 7) is 3.91. The Morgan fingerprint density at radius 1 is 1.50 bits per heavy atom. The summed E-state index contributed by atoms with van der Waals surface area (Å²) >= 11 is 3.15. The van der Waals surface area contributed by atoms with Crippen LogP contribution < -0.4 is 0 Å². The minimum atomic E-state index is 0.752. The third-order valence-electron chi connectivity index (χ3n) is 2.39. The van der Waals surface area contributed by atoms with Gasteiger partial charge in [-0.3, -0.25) is 0 Å². The maximum absolute atomic E-state index is 9.03. The monoisotopic (exact) mass is 250 g/mol. The molecule has 2 heterocycles. The number of hydrogen-bond donors (Lipinski definition) is 0. The van der Waals surface area contributed by atoms with Crippen LogP contribution in [-0.4, -0.2) is 11.4 Å². The summed E-state index contributed by atoms with van der Waals surface area (Å²) in [6, 6.07) is 2.22. The Hall–Kier alpha value is -1.25. The third-order valence-corrected chi connectivity index (χ3v) is 4.70. The van der Waals surface area contributed by atoms with E-state index in [4.69, 9.17) is 9.78 Å². The van der Waals surface area contributed by atoms with E-state index in [1.165, 1.54) is 11.3 Å². The highest BCUT2D eigenvalue weighted by atomic mass is 32.2. The molecule has 3 nitrogen and oxygen atoms in total. The van der Waals surface area contributed by atoms with Crippen LogP contribution in [0.1, 0.15) is 16.0 Å². The van der Waals surface area contributed by atoms with Crippen molar-refractivity contribution < 1.29 is 4.52 Å². The van der Waals surface area contributed by atoms with Crippen LogP contribution in [0.15, 0.2) is 15.0 Å². The normalized spacial score (nSPS) is 10.4. The van der Waals surface area contributed by atoms with Gasteiger partial charge in [-0.05, 0) is 25.7 Å². The molecule has 2 aromatic heterocycles. The summed E-state index contributed by atoms with van der Waals surface area (Å²) in [5.41, 5.74) is 3.88. The van der Waals surface area contributed by atoms with Crippen molar-refractivity contribution in [1.29, 1.82) is 5.26 Å². The maximum Gasteiger partial charge on any atom is 0.127 e. The summed E-state index contributed by atoms with van der Waals surface area (Å²) in [5, 5.41) is 13.0. The van der Waals surface area contributed by atoms with Gasteiger partial charge >= 0.3 is 0 Å². The lowest BCUT2D eigenvalue weighted by Gasteiger charge is -1.99. The highest BCUT2D eigenvalue weighted by Gasteiger charge is 2.19.